The first-order valence-electron chi connectivity index (χ1n) is 5.94. The normalized spacial score (nSPS) is 13.8. The highest BCUT2D eigenvalue weighted by molar-refractivity contribution is 6.33. The Morgan fingerprint density at radius 3 is 2.74 bits per heavy atom. The highest BCUT2D eigenvalue weighted by Gasteiger charge is 2.19. The molecule has 1 aliphatic heterocycles. The number of carbonyl (C=O) groups is 1. The van der Waals surface area contributed by atoms with Crippen molar-refractivity contribution in [2.45, 2.75) is 6.42 Å². The molecule has 1 N–H and O–H groups in total. The largest absolute Gasteiger partial charge is 0.508 e. The molecule has 0 spiro atoms. The predicted molar refractivity (Wildman–Crippen MR) is 73.0 cm³/mol. The monoisotopic (exact) mass is 274 g/mol. The lowest BCUT2D eigenvalue weighted by atomic mass is 9.98. The minimum atomic E-state index is 0.0815. The molecule has 2 aromatic rings. The molecule has 3 nitrogen and oxygen atoms in total. The van der Waals surface area contributed by atoms with E-state index >= 15 is 0 Å². The van der Waals surface area contributed by atoms with Crippen LogP contribution in [0.25, 0.3) is 11.1 Å². The summed E-state index contributed by atoms with van der Waals surface area (Å²) in [5.41, 5.74) is 2.20. The van der Waals surface area contributed by atoms with Gasteiger partial charge in [0.2, 0.25) is 0 Å². The van der Waals surface area contributed by atoms with Crippen LogP contribution in [-0.4, -0.2) is 17.5 Å². The van der Waals surface area contributed by atoms with Crippen molar-refractivity contribution in [3.05, 3.63) is 47.0 Å². The molecule has 0 radical (unpaired) electrons. The van der Waals surface area contributed by atoms with Gasteiger partial charge in [-0.3, -0.25) is 4.79 Å². The van der Waals surface area contributed by atoms with Crippen molar-refractivity contribution in [2.75, 3.05) is 6.61 Å². The van der Waals surface area contributed by atoms with Crippen LogP contribution in [-0.2, 0) is 0 Å². The SMILES string of the molecule is O=C1CCOc2ccc(-c3ccc(O)cc3Cl)cc21. The van der Waals surface area contributed by atoms with Crippen molar-refractivity contribution >= 4 is 17.4 Å². The maximum Gasteiger partial charge on any atom is 0.170 e. The fourth-order valence-electron chi connectivity index (χ4n) is 2.17. The molecular formula is C15H11ClO3. The van der Waals surface area contributed by atoms with E-state index in [0.29, 0.717) is 29.4 Å². The van der Waals surface area contributed by atoms with Gasteiger partial charge in [-0.25, -0.2) is 0 Å². The lowest BCUT2D eigenvalue weighted by molar-refractivity contribution is 0.0933. The second-order valence-corrected chi connectivity index (χ2v) is 4.80. The summed E-state index contributed by atoms with van der Waals surface area (Å²) in [6.45, 7) is 0.436. The van der Waals surface area contributed by atoms with Gasteiger partial charge >= 0.3 is 0 Å². The highest BCUT2D eigenvalue weighted by Crippen LogP contribution is 2.34. The van der Waals surface area contributed by atoms with E-state index < -0.39 is 0 Å². The average Bonchev–Trinajstić information content (AvgIpc) is 2.39. The highest BCUT2D eigenvalue weighted by atomic mass is 35.5. The topological polar surface area (TPSA) is 46.5 Å². The van der Waals surface area contributed by atoms with Crippen LogP contribution < -0.4 is 4.74 Å². The molecule has 0 unspecified atom stereocenters. The molecule has 1 heterocycles. The number of halogens is 1. The standard InChI is InChI=1S/C15H11ClO3/c16-13-8-10(17)2-3-11(13)9-1-4-15-12(7-9)14(18)5-6-19-15/h1-4,7-8,17H,5-6H2. The summed E-state index contributed by atoms with van der Waals surface area (Å²) in [6.07, 6.45) is 0.403. The van der Waals surface area contributed by atoms with Gasteiger partial charge in [0.1, 0.15) is 11.5 Å². The van der Waals surface area contributed by atoms with Gasteiger partial charge in [-0.15, -0.1) is 0 Å². The van der Waals surface area contributed by atoms with Crippen molar-refractivity contribution in [3.8, 4) is 22.6 Å². The van der Waals surface area contributed by atoms with Gasteiger partial charge in [-0.2, -0.15) is 0 Å². The van der Waals surface area contributed by atoms with Crippen LogP contribution in [0.3, 0.4) is 0 Å². The van der Waals surface area contributed by atoms with Gasteiger partial charge in [0, 0.05) is 12.0 Å². The Balaban J connectivity index is 2.11. The molecule has 1 aliphatic rings. The smallest absolute Gasteiger partial charge is 0.170 e. The van der Waals surface area contributed by atoms with E-state index in [-0.39, 0.29) is 11.5 Å². The number of ketones is 1. The van der Waals surface area contributed by atoms with Crippen LogP contribution in [0.1, 0.15) is 16.8 Å². The molecule has 0 saturated carbocycles. The molecule has 19 heavy (non-hydrogen) atoms. The summed E-state index contributed by atoms with van der Waals surface area (Å²) in [4.78, 5) is 11.9. The molecule has 0 amide bonds. The lowest BCUT2D eigenvalue weighted by Crippen LogP contribution is -2.15. The van der Waals surface area contributed by atoms with Crippen LogP contribution in [0, 0.1) is 0 Å². The van der Waals surface area contributed by atoms with Crippen LogP contribution in [0.15, 0.2) is 36.4 Å². The average molecular weight is 275 g/mol. The first-order valence-corrected chi connectivity index (χ1v) is 6.32. The molecular weight excluding hydrogens is 264 g/mol. The van der Waals surface area contributed by atoms with E-state index in [1.54, 1.807) is 24.3 Å². The van der Waals surface area contributed by atoms with Crippen LogP contribution in [0.2, 0.25) is 5.02 Å². The molecule has 96 valence electrons. The number of phenols is 1. The van der Waals surface area contributed by atoms with E-state index in [0.717, 1.165) is 11.1 Å². The van der Waals surface area contributed by atoms with Crippen molar-refractivity contribution in [1.82, 2.24) is 0 Å². The maximum atomic E-state index is 11.9. The quantitative estimate of drug-likeness (QED) is 0.863. The fraction of sp³-hybridized carbons (Fsp3) is 0.133. The second kappa shape index (κ2) is 4.59. The number of Topliss-reactive ketones (excluding diaryl/α,β-unsaturated/α-hetero) is 1. The third kappa shape index (κ3) is 2.17. The number of carbonyl (C=O) groups excluding carboxylic acids is 1. The number of hydrogen-bond acceptors (Lipinski definition) is 3. The minimum Gasteiger partial charge on any atom is -0.508 e. The van der Waals surface area contributed by atoms with Gasteiger partial charge in [0.05, 0.1) is 17.2 Å². The maximum absolute atomic E-state index is 11.9. The van der Waals surface area contributed by atoms with Gasteiger partial charge in [0.15, 0.2) is 5.78 Å². The zero-order valence-electron chi connectivity index (χ0n) is 10.0. The summed E-state index contributed by atoms with van der Waals surface area (Å²) in [6, 6.07) is 10.2. The van der Waals surface area contributed by atoms with Crippen LogP contribution in [0.4, 0.5) is 0 Å². The Kier molecular flexibility index (Phi) is 2.91. The third-order valence-electron chi connectivity index (χ3n) is 3.13. The molecule has 0 aliphatic carbocycles. The summed E-state index contributed by atoms with van der Waals surface area (Å²) >= 11 is 6.11. The van der Waals surface area contributed by atoms with Gasteiger partial charge in [-0.05, 0) is 35.9 Å². The lowest BCUT2D eigenvalue weighted by Gasteiger charge is -2.17. The molecule has 0 bridgehead atoms. The Bertz CT molecular complexity index is 664. The van der Waals surface area contributed by atoms with Crippen molar-refractivity contribution in [1.29, 1.82) is 0 Å². The number of fused-ring (bicyclic) bond motifs is 1. The Hall–Kier alpha value is -2.00. The number of rotatable bonds is 1. The zero-order chi connectivity index (χ0) is 13.4. The second-order valence-electron chi connectivity index (χ2n) is 4.40. The predicted octanol–water partition coefficient (Wildman–Crippen LogP) is 3.68. The summed E-state index contributed by atoms with van der Waals surface area (Å²) in [5, 5.41) is 9.81. The van der Waals surface area contributed by atoms with E-state index in [9.17, 15) is 9.90 Å². The van der Waals surface area contributed by atoms with Crippen LogP contribution >= 0.6 is 11.6 Å². The third-order valence-corrected chi connectivity index (χ3v) is 3.44. The molecule has 0 aromatic heterocycles. The molecule has 0 fully saturated rings. The molecule has 2 aromatic carbocycles. The first-order chi connectivity index (χ1) is 9.15. The molecule has 3 rings (SSSR count). The summed E-state index contributed by atoms with van der Waals surface area (Å²) < 4.78 is 5.44. The minimum absolute atomic E-state index is 0.0815. The van der Waals surface area contributed by atoms with Gasteiger partial charge in [-0.1, -0.05) is 17.7 Å². The zero-order valence-corrected chi connectivity index (χ0v) is 10.8. The van der Waals surface area contributed by atoms with Crippen molar-refractivity contribution in [2.24, 2.45) is 0 Å². The number of hydrogen-bond donors (Lipinski definition) is 1. The Labute approximate surface area is 115 Å². The number of phenolic OH excluding ortho intramolecular Hbond substituents is 1. The van der Waals surface area contributed by atoms with Crippen molar-refractivity contribution in [3.63, 3.8) is 0 Å². The summed E-state index contributed by atoms with van der Waals surface area (Å²) in [5.74, 6) is 0.819. The Morgan fingerprint density at radius 1 is 1.11 bits per heavy atom. The van der Waals surface area contributed by atoms with E-state index in [2.05, 4.69) is 0 Å². The van der Waals surface area contributed by atoms with E-state index in [4.69, 9.17) is 16.3 Å². The van der Waals surface area contributed by atoms with E-state index in [1.807, 2.05) is 6.07 Å². The molecule has 0 atom stereocenters. The van der Waals surface area contributed by atoms with Crippen molar-refractivity contribution < 1.29 is 14.6 Å². The summed E-state index contributed by atoms with van der Waals surface area (Å²) in [7, 11) is 0. The Morgan fingerprint density at radius 2 is 1.95 bits per heavy atom. The molecule has 4 heteroatoms. The molecule has 0 saturated heterocycles. The van der Waals surface area contributed by atoms with Gasteiger partial charge < -0.3 is 9.84 Å². The van der Waals surface area contributed by atoms with Crippen LogP contribution in [0.5, 0.6) is 11.5 Å². The first kappa shape index (κ1) is 12.1. The number of benzene rings is 2. The fourth-order valence-corrected chi connectivity index (χ4v) is 2.45. The number of aromatic hydroxyl groups is 1. The van der Waals surface area contributed by atoms with E-state index in [1.165, 1.54) is 6.07 Å². The van der Waals surface area contributed by atoms with Gasteiger partial charge in [0.25, 0.3) is 0 Å². The number of ether oxygens (including phenoxy) is 1.